The molecule has 0 aliphatic carbocycles. The van der Waals surface area contributed by atoms with Crippen molar-refractivity contribution in [2.75, 3.05) is 24.5 Å². The van der Waals surface area contributed by atoms with Crippen LogP contribution in [0.25, 0.3) is 11.4 Å². The van der Waals surface area contributed by atoms with Gasteiger partial charge in [0.25, 0.3) is 0 Å². The number of benzene rings is 1. The fraction of sp³-hybridized carbons (Fsp3) is 0.400. The number of nitrogens with one attached hydrogen (secondary N) is 1. The number of piperazine rings is 1. The van der Waals surface area contributed by atoms with Crippen molar-refractivity contribution in [2.24, 2.45) is 7.05 Å². The highest BCUT2D eigenvalue weighted by atomic mass is 19.4. The molecule has 7 nitrogen and oxygen atoms in total. The average Bonchev–Trinajstić information content (AvgIpc) is 3.01. The molecule has 1 N–H and O–H groups in total. The minimum absolute atomic E-state index is 0.116. The van der Waals surface area contributed by atoms with Gasteiger partial charge in [-0.1, -0.05) is 0 Å². The first-order valence-corrected chi connectivity index (χ1v) is 7.56. The molecule has 1 unspecified atom stereocenters. The minimum atomic E-state index is -5.02. The first-order chi connectivity index (χ1) is 11.8. The summed E-state index contributed by atoms with van der Waals surface area (Å²) in [7, 11) is 1.76. The number of alkyl halides is 3. The second-order valence-electron chi connectivity index (χ2n) is 5.54. The Morgan fingerprint density at radius 1 is 1.32 bits per heavy atom. The fourth-order valence-electron chi connectivity index (χ4n) is 2.54. The molecule has 1 aliphatic rings. The molecule has 1 aromatic heterocycles. The molecular formula is C15H16F3N5O2. The van der Waals surface area contributed by atoms with Gasteiger partial charge in [-0.3, -0.25) is 4.68 Å². The molecule has 134 valence electrons. The molecule has 1 aliphatic heterocycles. The quantitative estimate of drug-likeness (QED) is 0.838. The summed E-state index contributed by atoms with van der Waals surface area (Å²) >= 11 is 0. The van der Waals surface area contributed by atoms with Gasteiger partial charge in [0.05, 0.1) is 6.54 Å². The Hall–Kier alpha value is -2.62. The van der Waals surface area contributed by atoms with Crippen molar-refractivity contribution in [3.63, 3.8) is 0 Å². The summed E-state index contributed by atoms with van der Waals surface area (Å²) in [4.78, 5) is 16.9. The van der Waals surface area contributed by atoms with E-state index in [2.05, 4.69) is 20.1 Å². The van der Waals surface area contributed by atoms with Crippen LogP contribution in [0.4, 0.5) is 18.9 Å². The molecule has 25 heavy (non-hydrogen) atoms. The van der Waals surface area contributed by atoms with Crippen molar-refractivity contribution in [3.05, 3.63) is 30.6 Å². The average molecular weight is 355 g/mol. The van der Waals surface area contributed by atoms with Crippen LogP contribution in [0, 0.1) is 0 Å². The second-order valence-corrected chi connectivity index (χ2v) is 5.54. The fourth-order valence-corrected chi connectivity index (χ4v) is 2.54. The lowest BCUT2D eigenvalue weighted by Gasteiger charge is -2.37. The Morgan fingerprint density at radius 2 is 2.04 bits per heavy atom. The van der Waals surface area contributed by atoms with Crippen LogP contribution in [0.15, 0.2) is 30.6 Å². The number of carbonyl (C=O) groups excluding carboxylic acids is 1. The predicted octanol–water partition coefficient (Wildman–Crippen LogP) is 1.32. The summed E-state index contributed by atoms with van der Waals surface area (Å²) in [5.74, 6) is -1.64. The lowest BCUT2D eigenvalue weighted by molar-refractivity contribution is -0.205. The molecule has 1 aromatic carbocycles. The molecule has 0 amide bonds. The van der Waals surface area contributed by atoms with E-state index < -0.39 is 18.4 Å². The Balaban J connectivity index is 1.77. The van der Waals surface area contributed by atoms with Gasteiger partial charge in [0.1, 0.15) is 6.33 Å². The number of hydrogen-bond donors (Lipinski definition) is 1. The molecule has 1 atom stereocenters. The Labute approximate surface area is 141 Å². The molecule has 2 aromatic rings. The smallest absolute Gasteiger partial charge is 0.433 e. The largest absolute Gasteiger partial charge is 0.491 e. The Kier molecular flexibility index (Phi) is 4.62. The zero-order valence-corrected chi connectivity index (χ0v) is 13.3. The van der Waals surface area contributed by atoms with Gasteiger partial charge in [0, 0.05) is 31.4 Å². The number of carbonyl (C=O) groups is 1. The zero-order valence-electron chi connectivity index (χ0n) is 13.3. The number of nitrogens with zero attached hydrogens (tertiary/aromatic N) is 4. The van der Waals surface area contributed by atoms with E-state index in [-0.39, 0.29) is 6.54 Å². The van der Waals surface area contributed by atoms with Crippen molar-refractivity contribution in [1.29, 1.82) is 0 Å². The lowest BCUT2D eigenvalue weighted by atomic mass is 10.1. The number of anilines is 1. The Bertz CT molecular complexity index is 744. The van der Waals surface area contributed by atoms with Gasteiger partial charge in [0.15, 0.2) is 12.1 Å². The normalized spacial score (nSPS) is 18.2. The molecule has 1 fully saturated rings. The number of ether oxygens (including phenoxy) is 1. The first-order valence-electron chi connectivity index (χ1n) is 7.56. The second kappa shape index (κ2) is 6.71. The molecule has 3 rings (SSSR count). The van der Waals surface area contributed by atoms with Gasteiger partial charge < -0.3 is 15.0 Å². The number of halogens is 3. The van der Waals surface area contributed by atoms with Crippen LogP contribution in [0.5, 0.6) is 0 Å². The predicted molar refractivity (Wildman–Crippen MR) is 82.6 cm³/mol. The summed E-state index contributed by atoms with van der Waals surface area (Å²) in [5, 5.41) is 7.11. The van der Waals surface area contributed by atoms with E-state index in [0.29, 0.717) is 24.6 Å². The first kappa shape index (κ1) is 17.2. The van der Waals surface area contributed by atoms with Gasteiger partial charge in [-0.05, 0) is 24.3 Å². The zero-order chi connectivity index (χ0) is 18.0. The van der Waals surface area contributed by atoms with Crippen LogP contribution in [-0.4, -0.2) is 52.8 Å². The van der Waals surface area contributed by atoms with Crippen LogP contribution in [-0.2, 0) is 16.6 Å². The molecule has 0 bridgehead atoms. The maximum atomic E-state index is 12.4. The van der Waals surface area contributed by atoms with Gasteiger partial charge in [0.2, 0.25) is 0 Å². The van der Waals surface area contributed by atoms with Gasteiger partial charge in [-0.25, -0.2) is 9.78 Å². The molecule has 0 spiro atoms. The van der Waals surface area contributed by atoms with Crippen molar-refractivity contribution in [2.45, 2.75) is 12.4 Å². The lowest BCUT2D eigenvalue weighted by Crippen LogP contribution is -2.54. The third kappa shape index (κ3) is 3.90. The number of hydrogen-bond acceptors (Lipinski definition) is 6. The Morgan fingerprint density at radius 3 is 2.64 bits per heavy atom. The van der Waals surface area contributed by atoms with Crippen LogP contribution < -0.4 is 10.2 Å². The van der Waals surface area contributed by atoms with E-state index in [9.17, 15) is 18.0 Å². The number of rotatable bonds is 3. The third-order valence-corrected chi connectivity index (χ3v) is 3.73. The summed E-state index contributed by atoms with van der Waals surface area (Å²) in [5.41, 5.74) is 1.43. The van der Waals surface area contributed by atoms with Gasteiger partial charge in [-0.2, -0.15) is 18.3 Å². The summed E-state index contributed by atoms with van der Waals surface area (Å²) in [6, 6.07) is 7.03. The third-order valence-electron chi connectivity index (χ3n) is 3.73. The van der Waals surface area contributed by atoms with Crippen LogP contribution >= 0.6 is 0 Å². The number of esters is 1. The highest BCUT2D eigenvalue weighted by Crippen LogP contribution is 2.25. The van der Waals surface area contributed by atoms with Crippen LogP contribution in [0.3, 0.4) is 0 Å². The SMILES string of the molecule is Cn1cnc(-c2ccc(N3CCNCC3OC(=O)C(F)(F)F)cc2)n1. The van der Waals surface area contributed by atoms with Crippen molar-refractivity contribution in [3.8, 4) is 11.4 Å². The monoisotopic (exact) mass is 355 g/mol. The van der Waals surface area contributed by atoms with E-state index in [0.717, 1.165) is 5.56 Å². The van der Waals surface area contributed by atoms with Crippen molar-refractivity contribution >= 4 is 11.7 Å². The summed E-state index contributed by atoms with van der Waals surface area (Å²) < 4.78 is 43.5. The van der Waals surface area contributed by atoms with E-state index in [1.54, 1.807) is 47.2 Å². The molecule has 2 heterocycles. The van der Waals surface area contributed by atoms with Gasteiger partial charge >= 0.3 is 12.1 Å². The van der Waals surface area contributed by atoms with Crippen molar-refractivity contribution < 1.29 is 22.7 Å². The molecular weight excluding hydrogens is 339 g/mol. The van der Waals surface area contributed by atoms with E-state index >= 15 is 0 Å². The highest BCUT2D eigenvalue weighted by Gasteiger charge is 2.43. The topological polar surface area (TPSA) is 72.3 Å². The number of aryl methyl sites for hydroxylation is 1. The summed E-state index contributed by atoms with van der Waals surface area (Å²) in [6.07, 6.45) is -4.47. The van der Waals surface area contributed by atoms with Crippen LogP contribution in [0.1, 0.15) is 0 Å². The van der Waals surface area contributed by atoms with E-state index in [4.69, 9.17) is 0 Å². The van der Waals surface area contributed by atoms with Crippen molar-refractivity contribution in [1.82, 2.24) is 20.1 Å². The van der Waals surface area contributed by atoms with Gasteiger partial charge in [-0.15, -0.1) is 0 Å². The van der Waals surface area contributed by atoms with Crippen LogP contribution in [0.2, 0.25) is 0 Å². The maximum absolute atomic E-state index is 12.4. The molecule has 0 radical (unpaired) electrons. The molecule has 10 heteroatoms. The van der Waals surface area contributed by atoms with E-state index in [1.165, 1.54) is 0 Å². The minimum Gasteiger partial charge on any atom is -0.433 e. The maximum Gasteiger partial charge on any atom is 0.491 e. The highest BCUT2D eigenvalue weighted by molar-refractivity contribution is 5.76. The summed E-state index contributed by atoms with van der Waals surface area (Å²) in [6.45, 7) is 1.10. The molecule has 1 saturated heterocycles. The van der Waals surface area contributed by atoms with E-state index in [1.807, 2.05) is 0 Å². The number of aromatic nitrogens is 3. The molecule has 0 saturated carbocycles. The standard InChI is InChI=1S/C15H16F3N5O2/c1-22-9-20-13(21-22)10-2-4-11(5-3-10)23-7-6-19-8-12(23)25-14(24)15(16,17)18/h2-5,9,12,19H,6-8H2,1H3.